The van der Waals surface area contributed by atoms with Gasteiger partial charge in [-0.1, -0.05) is 36.8 Å². The third-order valence-corrected chi connectivity index (χ3v) is 4.88. The highest BCUT2D eigenvalue weighted by molar-refractivity contribution is 5.90. The second-order valence-electron chi connectivity index (χ2n) is 6.37. The van der Waals surface area contributed by atoms with Gasteiger partial charge in [0.25, 0.3) is 0 Å². The van der Waals surface area contributed by atoms with Crippen molar-refractivity contribution in [2.24, 2.45) is 0 Å². The molecular weight excluding hydrogens is 288 g/mol. The number of aromatic nitrogens is 1. The van der Waals surface area contributed by atoms with E-state index in [0.29, 0.717) is 6.54 Å². The first-order valence-corrected chi connectivity index (χ1v) is 8.28. The first kappa shape index (κ1) is 14.2. The highest BCUT2D eigenvalue weighted by Gasteiger charge is 2.46. The Labute approximate surface area is 136 Å². The molecule has 1 aromatic heterocycles. The molecule has 1 fully saturated rings. The van der Waals surface area contributed by atoms with Crippen LogP contribution >= 0.6 is 0 Å². The monoisotopic (exact) mass is 308 g/mol. The van der Waals surface area contributed by atoms with Gasteiger partial charge in [-0.25, -0.2) is 9.78 Å². The van der Waals surface area contributed by atoms with Crippen LogP contribution < -0.4 is 4.90 Å². The fourth-order valence-corrected chi connectivity index (χ4v) is 3.73. The molecule has 4 heteroatoms. The van der Waals surface area contributed by atoms with E-state index in [1.165, 1.54) is 6.42 Å². The lowest BCUT2D eigenvalue weighted by Gasteiger charge is -2.43. The lowest BCUT2D eigenvalue weighted by atomic mass is 9.79. The zero-order valence-corrected chi connectivity index (χ0v) is 13.1. The summed E-state index contributed by atoms with van der Waals surface area (Å²) in [5.74, 6) is 0.759. The van der Waals surface area contributed by atoms with Crippen molar-refractivity contribution >= 4 is 11.9 Å². The second-order valence-corrected chi connectivity index (χ2v) is 6.37. The smallest absolute Gasteiger partial charge is 0.416 e. The van der Waals surface area contributed by atoms with Crippen LogP contribution in [0.4, 0.5) is 10.6 Å². The van der Waals surface area contributed by atoms with Crippen molar-refractivity contribution in [3.05, 3.63) is 59.8 Å². The predicted octanol–water partition coefficient (Wildman–Crippen LogP) is 4.40. The number of carbonyl (C=O) groups is 1. The molecule has 0 radical (unpaired) electrons. The van der Waals surface area contributed by atoms with Crippen molar-refractivity contribution in [3.63, 3.8) is 0 Å². The molecule has 1 amide bonds. The average Bonchev–Trinajstić information content (AvgIpc) is 2.60. The van der Waals surface area contributed by atoms with E-state index in [0.717, 1.165) is 42.6 Å². The first-order valence-electron chi connectivity index (χ1n) is 8.28. The summed E-state index contributed by atoms with van der Waals surface area (Å²) in [5, 5.41) is 0. The molecule has 0 atom stereocenters. The number of anilines is 1. The van der Waals surface area contributed by atoms with Crippen LogP contribution in [0.5, 0.6) is 0 Å². The van der Waals surface area contributed by atoms with E-state index in [1.807, 2.05) is 36.4 Å². The number of amides is 1. The van der Waals surface area contributed by atoms with Crippen molar-refractivity contribution in [3.8, 4) is 0 Å². The molecule has 1 aromatic carbocycles. The van der Waals surface area contributed by atoms with Crippen LogP contribution in [0.2, 0.25) is 0 Å². The minimum Gasteiger partial charge on any atom is -0.437 e. The van der Waals surface area contributed by atoms with E-state index in [-0.39, 0.29) is 6.09 Å². The highest BCUT2D eigenvalue weighted by Crippen LogP contribution is 2.47. The number of fused-ring (bicyclic) bond motifs is 2. The molecule has 0 N–H and O–H groups in total. The standard InChI is InChI=1S/C19H20N2O2/c22-18-21(14-15-8-3-1-4-9-15)17-16(10-7-13-20-17)19(23-18)11-5-2-6-12-19/h1,3-4,7-10,13H,2,5-6,11-12,14H2. The number of carbonyl (C=O) groups excluding carboxylic acids is 1. The molecule has 1 aliphatic carbocycles. The summed E-state index contributed by atoms with van der Waals surface area (Å²) in [6.45, 7) is 0.486. The van der Waals surface area contributed by atoms with Crippen molar-refractivity contribution in [1.82, 2.24) is 4.98 Å². The topological polar surface area (TPSA) is 42.4 Å². The van der Waals surface area contributed by atoms with E-state index in [4.69, 9.17) is 4.74 Å². The molecule has 1 spiro atoms. The van der Waals surface area contributed by atoms with Gasteiger partial charge in [0.05, 0.1) is 6.54 Å². The van der Waals surface area contributed by atoms with Crippen LogP contribution in [0.25, 0.3) is 0 Å². The molecule has 0 saturated heterocycles. The summed E-state index contributed by atoms with van der Waals surface area (Å²) in [7, 11) is 0. The Hall–Kier alpha value is -2.36. The van der Waals surface area contributed by atoms with Crippen molar-refractivity contribution in [2.45, 2.75) is 44.2 Å². The van der Waals surface area contributed by atoms with Gasteiger partial charge >= 0.3 is 6.09 Å². The molecule has 0 unspecified atom stereocenters. The van der Waals surface area contributed by atoms with E-state index >= 15 is 0 Å². The van der Waals surface area contributed by atoms with Crippen molar-refractivity contribution in [2.75, 3.05) is 4.90 Å². The third kappa shape index (κ3) is 2.48. The fraction of sp³-hybridized carbons (Fsp3) is 0.368. The molecule has 0 bridgehead atoms. The highest BCUT2D eigenvalue weighted by atomic mass is 16.6. The summed E-state index contributed by atoms with van der Waals surface area (Å²) < 4.78 is 5.97. The Kier molecular flexibility index (Phi) is 3.52. The van der Waals surface area contributed by atoms with Crippen molar-refractivity contribution in [1.29, 1.82) is 0 Å². The number of hydrogen-bond acceptors (Lipinski definition) is 3. The van der Waals surface area contributed by atoms with E-state index in [9.17, 15) is 4.79 Å². The Morgan fingerprint density at radius 3 is 2.61 bits per heavy atom. The number of nitrogens with zero attached hydrogens (tertiary/aromatic N) is 2. The third-order valence-electron chi connectivity index (χ3n) is 4.88. The molecule has 2 heterocycles. The Balaban J connectivity index is 1.74. The Morgan fingerprint density at radius 1 is 1.04 bits per heavy atom. The van der Waals surface area contributed by atoms with Crippen LogP contribution in [0.1, 0.15) is 43.2 Å². The first-order chi connectivity index (χ1) is 11.3. The predicted molar refractivity (Wildman–Crippen MR) is 88.1 cm³/mol. The van der Waals surface area contributed by atoms with Gasteiger partial charge in [0.15, 0.2) is 0 Å². The maximum Gasteiger partial charge on any atom is 0.416 e. The number of rotatable bonds is 2. The summed E-state index contributed by atoms with van der Waals surface area (Å²) in [5.41, 5.74) is 1.67. The SMILES string of the molecule is O=C1OC2(CCCCC2)c2cccnc2N1Cc1ccccc1. The Bertz CT molecular complexity index is 708. The van der Waals surface area contributed by atoms with Gasteiger partial charge in [0.1, 0.15) is 11.4 Å². The molecule has 4 rings (SSSR count). The van der Waals surface area contributed by atoms with Gasteiger partial charge < -0.3 is 4.74 Å². The second kappa shape index (κ2) is 5.69. The summed E-state index contributed by atoms with van der Waals surface area (Å²) in [4.78, 5) is 18.9. The average molecular weight is 308 g/mol. The maximum absolute atomic E-state index is 12.7. The van der Waals surface area contributed by atoms with Gasteiger partial charge in [-0.3, -0.25) is 4.90 Å². The lowest BCUT2D eigenvalue weighted by molar-refractivity contribution is -0.0237. The van der Waals surface area contributed by atoms with Crippen LogP contribution in [-0.4, -0.2) is 11.1 Å². The quantitative estimate of drug-likeness (QED) is 0.826. The van der Waals surface area contributed by atoms with Crippen LogP contribution in [0.15, 0.2) is 48.7 Å². The number of hydrogen-bond donors (Lipinski definition) is 0. The summed E-state index contributed by atoms with van der Waals surface area (Å²) >= 11 is 0. The maximum atomic E-state index is 12.7. The largest absolute Gasteiger partial charge is 0.437 e. The molecule has 1 saturated carbocycles. The van der Waals surface area contributed by atoms with E-state index in [2.05, 4.69) is 11.1 Å². The normalized spacial score (nSPS) is 19.3. The van der Waals surface area contributed by atoms with Crippen LogP contribution in [-0.2, 0) is 16.9 Å². The van der Waals surface area contributed by atoms with Gasteiger partial charge in [-0.15, -0.1) is 0 Å². The number of ether oxygens (including phenoxy) is 1. The van der Waals surface area contributed by atoms with E-state index < -0.39 is 5.60 Å². The minimum atomic E-state index is -0.466. The summed E-state index contributed by atoms with van der Waals surface area (Å²) in [6.07, 6.45) is 6.68. The van der Waals surface area contributed by atoms with Crippen molar-refractivity contribution < 1.29 is 9.53 Å². The lowest BCUT2D eigenvalue weighted by Crippen LogP contribution is -2.47. The molecule has 4 nitrogen and oxygen atoms in total. The van der Waals surface area contributed by atoms with Gasteiger partial charge in [0, 0.05) is 11.8 Å². The number of pyridine rings is 1. The van der Waals surface area contributed by atoms with Gasteiger partial charge in [-0.2, -0.15) is 0 Å². The minimum absolute atomic E-state index is 0.276. The zero-order valence-electron chi connectivity index (χ0n) is 13.1. The van der Waals surface area contributed by atoms with Crippen LogP contribution in [0.3, 0.4) is 0 Å². The molecule has 23 heavy (non-hydrogen) atoms. The van der Waals surface area contributed by atoms with E-state index in [1.54, 1.807) is 11.1 Å². The van der Waals surface area contributed by atoms with Crippen LogP contribution in [0, 0.1) is 0 Å². The van der Waals surface area contributed by atoms with Gasteiger partial charge in [-0.05, 0) is 43.4 Å². The molecule has 1 aliphatic heterocycles. The Morgan fingerprint density at radius 2 is 1.83 bits per heavy atom. The number of benzene rings is 1. The zero-order chi connectivity index (χ0) is 15.7. The summed E-state index contributed by atoms with van der Waals surface area (Å²) in [6, 6.07) is 14.0. The molecular formula is C19H20N2O2. The molecule has 2 aliphatic rings. The van der Waals surface area contributed by atoms with Gasteiger partial charge in [0.2, 0.25) is 0 Å². The fourth-order valence-electron chi connectivity index (χ4n) is 3.73. The molecule has 118 valence electrons. The molecule has 2 aromatic rings.